The Kier molecular flexibility index (Phi) is 7.07. The summed E-state index contributed by atoms with van der Waals surface area (Å²) in [6, 6.07) is 14.2. The van der Waals surface area contributed by atoms with Gasteiger partial charge in [0.1, 0.15) is 24.6 Å². The highest BCUT2D eigenvalue weighted by atomic mass is 16.6. The van der Waals surface area contributed by atoms with Crippen molar-refractivity contribution in [3.8, 4) is 11.4 Å². The van der Waals surface area contributed by atoms with E-state index in [1.165, 1.54) is 5.56 Å². The van der Waals surface area contributed by atoms with Crippen molar-refractivity contribution < 1.29 is 9.68 Å². The van der Waals surface area contributed by atoms with E-state index in [-0.39, 0.29) is 5.41 Å². The van der Waals surface area contributed by atoms with Gasteiger partial charge in [-0.05, 0) is 62.6 Å². The molecule has 0 N–H and O–H groups in total. The molecular formula is C29H33N5O2. The summed E-state index contributed by atoms with van der Waals surface area (Å²) in [5.41, 5.74) is 7.81. The highest BCUT2D eigenvalue weighted by Gasteiger charge is 2.24. The second-order valence-electron chi connectivity index (χ2n) is 10.4. The van der Waals surface area contributed by atoms with Crippen LogP contribution in [0.4, 0.5) is 0 Å². The quantitative estimate of drug-likeness (QED) is 0.403. The van der Waals surface area contributed by atoms with E-state index in [0.29, 0.717) is 19.0 Å². The number of aryl methyl sites for hydroxylation is 3. The average molecular weight is 484 g/mol. The van der Waals surface area contributed by atoms with Gasteiger partial charge in [-0.3, -0.25) is 4.98 Å². The van der Waals surface area contributed by atoms with Gasteiger partial charge in [-0.1, -0.05) is 60.6 Å². The van der Waals surface area contributed by atoms with Gasteiger partial charge in [0.25, 0.3) is 0 Å². The fourth-order valence-corrected chi connectivity index (χ4v) is 4.52. The third-order valence-electron chi connectivity index (χ3n) is 6.54. The predicted octanol–water partition coefficient (Wildman–Crippen LogP) is 5.69. The van der Waals surface area contributed by atoms with Crippen LogP contribution in [0.25, 0.3) is 11.4 Å². The van der Waals surface area contributed by atoms with Crippen LogP contribution >= 0.6 is 0 Å². The smallest absolute Gasteiger partial charge is 0.159 e. The lowest BCUT2D eigenvalue weighted by Crippen LogP contribution is -2.25. The highest BCUT2D eigenvalue weighted by molar-refractivity contribution is 6.01. The van der Waals surface area contributed by atoms with Crippen LogP contribution in [-0.4, -0.2) is 39.6 Å². The molecule has 0 fully saturated rings. The maximum absolute atomic E-state index is 5.84. The summed E-state index contributed by atoms with van der Waals surface area (Å²) >= 11 is 0. The molecule has 1 aromatic carbocycles. The van der Waals surface area contributed by atoms with Crippen LogP contribution in [0.1, 0.15) is 67.7 Å². The zero-order chi connectivity index (χ0) is 25.0. The number of nitrogens with zero attached hydrogens (tertiary/aromatic N) is 5. The van der Waals surface area contributed by atoms with Crippen LogP contribution in [0.2, 0.25) is 0 Å². The zero-order valence-corrected chi connectivity index (χ0v) is 21.3. The van der Waals surface area contributed by atoms with Crippen LogP contribution < -0.4 is 0 Å². The third-order valence-corrected chi connectivity index (χ3v) is 6.54. The van der Waals surface area contributed by atoms with E-state index in [2.05, 4.69) is 41.3 Å². The molecule has 0 unspecified atom stereocenters. The molecule has 2 aromatic heterocycles. The van der Waals surface area contributed by atoms with Crippen molar-refractivity contribution in [3.05, 3.63) is 76.9 Å². The molecule has 2 heterocycles. The third kappa shape index (κ3) is 5.61. The molecule has 0 saturated carbocycles. The van der Waals surface area contributed by atoms with Gasteiger partial charge in [0.2, 0.25) is 0 Å². The molecule has 0 bridgehead atoms. The minimum atomic E-state index is -0.260. The Hall–Kier alpha value is -3.61. The first-order valence-corrected chi connectivity index (χ1v) is 12.7. The molecule has 2 aliphatic rings. The molecule has 2 aliphatic carbocycles. The van der Waals surface area contributed by atoms with Gasteiger partial charge < -0.3 is 9.68 Å². The molecule has 7 nitrogen and oxygen atoms in total. The summed E-state index contributed by atoms with van der Waals surface area (Å²) < 4.78 is 0. The normalized spacial score (nSPS) is 17.5. The fraction of sp³-hybridized carbons (Fsp3) is 0.414. The van der Waals surface area contributed by atoms with Crippen molar-refractivity contribution in [2.75, 3.05) is 13.2 Å². The van der Waals surface area contributed by atoms with E-state index in [4.69, 9.17) is 19.6 Å². The number of benzene rings is 1. The summed E-state index contributed by atoms with van der Waals surface area (Å²) in [5, 5.41) is 8.97. The van der Waals surface area contributed by atoms with Gasteiger partial charge in [-0.15, -0.1) is 0 Å². The van der Waals surface area contributed by atoms with Gasteiger partial charge in [-0.2, -0.15) is 0 Å². The number of aromatic nitrogens is 3. The number of rotatable bonds is 7. The summed E-state index contributed by atoms with van der Waals surface area (Å²) in [6.07, 6.45) is 7.75. The Bertz CT molecular complexity index is 1280. The molecule has 36 heavy (non-hydrogen) atoms. The Morgan fingerprint density at radius 3 is 2.11 bits per heavy atom. The number of hydrogen-bond donors (Lipinski definition) is 0. The average Bonchev–Trinajstić information content (AvgIpc) is 2.89. The molecule has 0 amide bonds. The molecule has 0 atom stereocenters. The summed E-state index contributed by atoms with van der Waals surface area (Å²) in [6.45, 7) is 7.04. The number of fused-ring (bicyclic) bond motifs is 2. The molecule has 186 valence electrons. The molecule has 0 spiro atoms. The second-order valence-corrected chi connectivity index (χ2v) is 10.4. The van der Waals surface area contributed by atoms with Crippen molar-refractivity contribution in [2.45, 2.75) is 59.3 Å². The van der Waals surface area contributed by atoms with Gasteiger partial charge >= 0.3 is 0 Å². The SMILES string of the molecule is Cc1ccc2c(n1)/C(=N/OCC(C)(C)CO/N=C1\CCCc3cnc(-c4ccccc4)nc31)CCC2. The summed E-state index contributed by atoms with van der Waals surface area (Å²) in [5.74, 6) is 0.714. The molecule has 3 aromatic rings. The lowest BCUT2D eigenvalue weighted by molar-refractivity contribution is -0.000311. The van der Waals surface area contributed by atoms with Crippen LogP contribution in [-0.2, 0) is 22.5 Å². The molecule has 0 aliphatic heterocycles. The zero-order valence-electron chi connectivity index (χ0n) is 21.3. The van der Waals surface area contributed by atoms with Crippen molar-refractivity contribution in [3.63, 3.8) is 0 Å². The van der Waals surface area contributed by atoms with E-state index in [1.54, 1.807) is 0 Å². The maximum atomic E-state index is 5.84. The number of oxime groups is 2. The van der Waals surface area contributed by atoms with Crippen LogP contribution in [0.5, 0.6) is 0 Å². The minimum absolute atomic E-state index is 0.260. The topological polar surface area (TPSA) is 81.9 Å². The van der Waals surface area contributed by atoms with E-state index >= 15 is 0 Å². The standard InChI is InChI=1S/C29H33N5O2/c1-20-15-16-21-11-7-13-24(26(21)31-20)33-35-18-29(2,3)19-36-34-25-14-8-12-23-17-30-28(32-27(23)25)22-9-5-4-6-10-22/h4-6,9-10,15-17H,7-8,11-14,18-19H2,1-3H3/b33-24+,34-25+. The van der Waals surface area contributed by atoms with Gasteiger partial charge in [0.05, 0.1) is 11.4 Å². The van der Waals surface area contributed by atoms with Crippen LogP contribution in [0.15, 0.2) is 59.0 Å². The maximum Gasteiger partial charge on any atom is 0.159 e. The molecule has 0 radical (unpaired) electrons. The largest absolute Gasteiger partial charge is 0.395 e. The Morgan fingerprint density at radius 1 is 0.778 bits per heavy atom. The van der Waals surface area contributed by atoms with Crippen LogP contribution in [0, 0.1) is 12.3 Å². The summed E-state index contributed by atoms with van der Waals surface area (Å²) in [7, 11) is 0. The Balaban J connectivity index is 1.22. The van der Waals surface area contributed by atoms with Gasteiger partial charge in [0.15, 0.2) is 5.82 Å². The first-order chi connectivity index (χ1) is 17.5. The van der Waals surface area contributed by atoms with E-state index in [9.17, 15) is 0 Å². The lowest BCUT2D eigenvalue weighted by Gasteiger charge is -2.23. The van der Waals surface area contributed by atoms with Crippen molar-refractivity contribution in [1.29, 1.82) is 0 Å². The predicted molar refractivity (Wildman–Crippen MR) is 141 cm³/mol. The number of pyridine rings is 1. The lowest BCUT2D eigenvalue weighted by atomic mass is 9.94. The molecule has 0 saturated heterocycles. The minimum Gasteiger partial charge on any atom is -0.395 e. The monoisotopic (exact) mass is 483 g/mol. The van der Waals surface area contributed by atoms with E-state index in [0.717, 1.165) is 78.2 Å². The first kappa shape index (κ1) is 24.1. The fourth-order valence-electron chi connectivity index (χ4n) is 4.52. The van der Waals surface area contributed by atoms with Gasteiger partial charge in [0, 0.05) is 22.9 Å². The molecular weight excluding hydrogens is 450 g/mol. The van der Waals surface area contributed by atoms with Crippen LogP contribution in [0.3, 0.4) is 0 Å². The Labute approximate surface area is 212 Å². The van der Waals surface area contributed by atoms with Crippen molar-refractivity contribution >= 4 is 11.4 Å². The summed E-state index contributed by atoms with van der Waals surface area (Å²) in [4.78, 5) is 25.7. The van der Waals surface area contributed by atoms with Gasteiger partial charge in [-0.25, -0.2) is 9.97 Å². The van der Waals surface area contributed by atoms with Crippen molar-refractivity contribution in [2.24, 2.45) is 15.7 Å². The van der Waals surface area contributed by atoms with E-state index in [1.807, 2.05) is 43.5 Å². The first-order valence-electron chi connectivity index (χ1n) is 12.7. The highest BCUT2D eigenvalue weighted by Crippen LogP contribution is 2.25. The number of hydrogen-bond acceptors (Lipinski definition) is 7. The molecule has 7 heteroatoms. The Morgan fingerprint density at radius 2 is 1.42 bits per heavy atom. The second kappa shape index (κ2) is 10.6. The van der Waals surface area contributed by atoms with Crippen molar-refractivity contribution in [1.82, 2.24) is 15.0 Å². The van der Waals surface area contributed by atoms with E-state index < -0.39 is 0 Å². The molecule has 5 rings (SSSR count).